The van der Waals surface area contributed by atoms with Crippen LogP contribution in [-0.4, -0.2) is 21.7 Å². The summed E-state index contributed by atoms with van der Waals surface area (Å²) < 4.78 is 2.16. The summed E-state index contributed by atoms with van der Waals surface area (Å²) in [6.07, 6.45) is 3.72. The minimum absolute atomic E-state index is 0.463. The molecule has 0 radical (unpaired) electrons. The second-order valence-corrected chi connectivity index (χ2v) is 8.60. The molecule has 152 valence electrons. The van der Waals surface area contributed by atoms with Crippen molar-refractivity contribution >= 4 is 5.97 Å². The smallest absolute Gasteiger partial charge is 0.337 e. The van der Waals surface area contributed by atoms with E-state index in [1.54, 1.807) is 0 Å². The zero-order valence-electron chi connectivity index (χ0n) is 17.9. The van der Waals surface area contributed by atoms with Crippen molar-refractivity contribution in [3.8, 4) is 0 Å². The molecular weight excluding hydrogens is 348 g/mol. The number of hydrogen-bond acceptors (Lipinski definition) is 2. The highest BCUT2D eigenvalue weighted by Gasteiger charge is 2.28. The van der Waals surface area contributed by atoms with E-state index in [4.69, 9.17) is 0 Å². The first-order valence-electron chi connectivity index (χ1n) is 10.5. The molecule has 1 aromatic heterocycles. The number of aromatic carboxylic acids is 1. The summed E-state index contributed by atoms with van der Waals surface area (Å²) >= 11 is 0. The lowest BCUT2D eigenvalue weighted by molar-refractivity contribution is 0.0694. The van der Waals surface area contributed by atoms with E-state index in [2.05, 4.69) is 49.7 Å². The number of carboxylic acids is 1. The molecule has 1 aliphatic rings. The number of carboxylic acid groups (broad SMARTS) is 1. The summed E-state index contributed by atoms with van der Waals surface area (Å²) in [6, 6.07) is 8.78. The van der Waals surface area contributed by atoms with Crippen molar-refractivity contribution in [2.45, 2.75) is 73.0 Å². The monoisotopic (exact) mass is 382 g/mol. The van der Waals surface area contributed by atoms with Crippen molar-refractivity contribution in [1.29, 1.82) is 0 Å². The van der Waals surface area contributed by atoms with Gasteiger partial charge in [-0.1, -0.05) is 51.0 Å². The Bertz CT molecular complexity index is 853. The largest absolute Gasteiger partial charge is 0.478 e. The maximum absolute atomic E-state index is 12.1. The predicted molar refractivity (Wildman–Crippen MR) is 114 cm³/mol. The Kier molecular flexibility index (Phi) is 6.29. The molecule has 2 N–H and O–H groups in total. The van der Waals surface area contributed by atoms with Gasteiger partial charge in [0.15, 0.2) is 0 Å². The van der Waals surface area contributed by atoms with E-state index in [9.17, 15) is 9.90 Å². The zero-order chi connectivity index (χ0) is 20.4. The normalized spacial score (nSPS) is 22.4. The van der Waals surface area contributed by atoms with Crippen LogP contribution in [0.5, 0.6) is 0 Å². The van der Waals surface area contributed by atoms with Gasteiger partial charge >= 0.3 is 5.97 Å². The van der Waals surface area contributed by atoms with Gasteiger partial charge in [0.2, 0.25) is 0 Å². The molecule has 3 atom stereocenters. The van der Waals surface area contributed by atoms with Crippen molar-refractivity contribution in [3.05, 3.63) is 57.9 Å². The van der Waals surface area contributed by atoms with Gasteiger partial charge in [-0.15, -0.1) is 0 Å². The molecule has 3 rings (SSSR count). The Labute approximate surface area is 169 Å². The minimum atomic E-state index is -0.828. The number of hydrogen-bond donors (Lipinski definition) is 2. The SMILES string of the molecule is Cc1ccccc1Cn1c(C)c(CN[C@@H]2CCC[C@H](C)[C@@H]2C)c(C(=O)O)c1C. The Morgan fingerprint density at radius 1 is 1.14 bits per heavy atom. The first-order valence-corrected chi connectivity index (χ1v) is 10.5. The van der Waals surface area contributed by atoms with E-state index >= 15 is 0 Å². The summed E-state index contributed by atoms with van der Waals surface area (Å²) in [4.78, 5) is 12.1. The third kappa shape index (κ3) is 4.02. The van der Waals surface area contributed by atoms with Gasteiger partial charge in [-0.3, -0.25) is 0 Å². The van der Waals surface area contributed by atoms with Gasteiger partial charge in [-0.25, -0.2) is 4.79 Å². The van der Waals surface area contributed by atoms with Crippen molar-refractivity contribution < 1.29 is 9.90 Å². The van der Waals surface area contributed by atoms with Gasteiger partial charge in [-0.2, -0.15) is 0 Å². The maximum Gasteiger partial charge on any atom is 0.337 e. The third-order valence-corrected chi connectivity index (χ3v) is 6.96. The number of nitrogens with one attached hydrogen (secondary N) is 1. The fourth-order valence-corrected chi connectivity index (χ4v) is 4.75. The van der Waals surface area contributed by atoms with Gasteiger partial charge in [0, 0.05) is 36.1 Å². The maximum atomic E-state index is 12.1. The molecule has 4 nitrogen and oxygen atoms in total. The van der Waals surface area contributed by atoms with E-state index in [1.807, 2.05) is 19.1 Å². The Hall–Kier alpha value is -2.07. The summed E-state index contributed by atoms with van der Waals surface area (Å²) in [5.41, 5.74) is 5.77. The topological polar surface area (TPSA) is 54.3 Å². The van der Waals surface area contributed by atoms with Gasteiger partial charge in [0.1, 0.15) is 0 Å². The number of aromatic nitrogens is 1. The van der Waals surface area contributed by atoms with Crippen LogP contribution in [0.4, 0.5) is 0 Å². The quantitative estimate of drug-likeness (QED) is 0.733. The van der Waals surface area contributed by atoms with Crippen LogP contribution in [0.2, 0.25) is 0 Å². The minimum Gasteiger partial charge on any atom is -0.478 e. The molecule has 1 aromatic carbocycles. The van der Waals surface area contributed by atoms with E-state index in [0.29, 0.717) is 30.6 Å². The van der Waals surface area contributed by atoms with E-state index in [-0.39, 0.29) is 0 Å². The average molecular weight is 383 g/mol. The first-order chi connectivity index (χ1) is 13.3. The van der Waals surface area contributed by atoms with Crippen LogP contribution in [0, 0.1) is 32.6 Å². The standard InChI is InChI=1S/C24H34N2O2/c1-15-10-8-12-22(17(15)3)25-13-21-18(4)26(19(5)23(21)24(27)28)14-20-11-7-6-9-16(20)2/h6-7,9,11,15,17,22,25H,8,10,12-14H2,1-5H3,(H,27,28)/t15-,17-,22+/m0/s1. The van der Waals surface area contributed by atoms with Gasteiger partial charge in [0.25, 0.3) is 0 Å². The molecule has 0 aliphatic heterocycles. The lowest BCUT2D eigenvalue weighted by Gasteiger charge is -2.34. The van der Waals surface area contributed by atoms with E-state index < -0.39 is 5.97 Å². The molecule has 0 bridgehead atoms. The number of nitrogens with zero attached hydrogens (tertiary/aromatic N) is 1. The number of aryl methyl sites for hydroxylation is 1. The number of benzene rings is 1. The molecule has 0 saturated heterocycles. The van der Waals surface area contributed by atoms with Crippen LogP contribution in [0.3, 0.4) is 0 Å². The Morgan fingerprint density at radius 3 is 2.54 bits per heavy atom. The van der Waals surface area contributed by atoms with E-state index in [0.717, 1.165) is 22.9 Å². The average Bonchev–Trinajstić information content (AvgIpc) is 2.89. The second-order valence-electron chi connectivity index (χ2n) is 8.60. The van der Waals surface area contributed by atoms with Gasteiger partial charge < -0.3 is 15.0 Å². The van der Waals surface area contributed by atoms with Crippen molar-refractivity contribution in [2.75, 3.05) is 0 Å². The summed E-state index contributed by atoms with van der Waals surface area (Å²) in [5, 5.41) is 13.6. The molecule has 1 aliphatic carbocycles. The Morgan fingerprint density at radius 2 is 1.86 bits per heavy atom. The van der Waals surface area contributed by atoms with Crippen LogP contribution in [0.1, 0.15) is 71.5 Å². The summed E-state index contributed by atoms with van der Waals surface area (Å²) in [6.45, 7) is 12.1. The van der Waals surface area contributed by atoms with Crippen molar-refractivity contribution in [1.82, 2.24) is 9.88 Å². The number of rotatable bonds is 6. The molecule has 0 amide bonds. The van der Waals surface area contributed by atoms with Crippen LogP contribution >= 0.6 is 0 Å². The fourth-order valence-electron chi connectivity index (χ4n) is 4.75. The lowest BCUT2D eigenvalue weighted by Crippen LogP contribution is -2.40. The molecule has 1 fully saturated rings. The molecule has 1 saturated carbocycles. The molecule has 0 unspecified atom stereocenters. The highest BCUT2D eigenvalue weighted by atomic mass is 16.4. The van der Waals surface area contributed by atoms with Crippen molar-refractivity contribution in [3.63, 3.8) is 0 Å². The molecule has 0 spiro atoms. The van der Waals surface area contributed by atoms with E-state index in [1.165, 1.54) is 30.4 Å². The van der Waals surface area contributed by atoms with Crippen LogP contribution in [0.25, 0.3) is 0 Å². The van der Waals surface area contributed by atoms with Gasteiger partial charge in [0.05, 0.1) is 5.56 Å². The third-order valence-electron chi connectivity index (χ3n) is 6.96. The van der Waals surface area contributed by atoms with Crippen LogP contribution in [0.15, 0.2) is 24.3 Å². The molecule has 28 heavy (non-hydrogen) atoms. The molecular formula is C24H34N2O2. The highest BCUT2D eigenvalue weighted by molar-refractivity contribution is 5.91. The lowest BCUT2D eigenvalue weighted by atomic mass is 9.78. The number of carbonyl (C=O) groups is 1. The second kappa shape index (κ2) is 8.52. The highest BCUT2D eigenvalue weighted by Crippen LogP contribution is 2.31. The molecule has 2 aromatic rings. The molecule has 1 heterocycles. The Balaban J connectivity index is 1.88. The van der Waals surface area contributed by atoms with Crippen LogP contribution in [-0.2, 0) is 13.1 Å². The predicted octanol–water partition coefficient (Wildman–Crippen LogP) is 5.07. The fraction of sp³-hybridized carbons (Fsp3) is 0.542. The molecule has 4 heteroatoms. The van der Waals surface area contributed by atoms with Crippen LogP contribution < -0.4 is 5.32 Å². The van der Waals surface area contributed by atoms with Crippen molar-refractivity contribution in [2.24, 2.45) is 11.8 Å². The summed E-state index contributed by atoms with van der Waals surface area (Å²) in [5.74, 6) is 0.516. The first kappa shape index (κ1) is 20.7. The summed E-state index contributed by atoms with van der Waals surface area (Å²) in [7, 11) is 0. The van der Waals surface area contributed by atoms with Gasteiger partial charge in [-0.05, 0) is 50.2 Å². The zero-order valence-corrected chi connectivity index (χ0v) is 17.9.